The van der Waals surface area contributed by atoms with Crippen LogP contribution in [0.4, 0.5) is 5.69 Å². The Labute approximate surface area is 131 Å². The maximum Gasteiger partial charge on any atom is 0.227 e. The number of aryl methyl sites for hydroxylation is 1. The van der Waals surface area contributed by atoms with Gasteiger partial charge in [0.15, 0.2) is 5.58 Å². The van der Waals surface area contributed by atoms with Gasteiger partial charge in [0.25, 0.3) is 0 Å². The molecule has 0 radical (unpaired) electrons. The second-order valence-electron chi connectivity index (χ2n) is 5.89. The van der Waals surface area contributed by atoms with E-state index in [1.807, 2.05) is 43.3 Å². The highest BCUT2D eigenvalue weighted by molar-refractivity contribution is 6.08. The SMILES string of the molecule is [2H]C(C)(C)N1C=CN(c2c(C)ccc3c2oc2ncccc23)C1. The van der Waals surface area contributed by atoms with Gasteiger partial charge in [-0.3, -0.25) is 0 Å². The van der Waals surface area contributed by atoms with Crippen LogP contribution >= 0.6 is 0 Å². The predicted octanol–water partition coefficient (Wildman–Crippen LogP) is 4.25. The summed E-state index contributed by atoms with van der Waals surface area (Å²) >= 11 is 0. The van der Waals surface area contributed by atoms with Crippen molar-refractivity contribution in [2.75, 3.05) is 11.6 Å². The quantitative estimate of drug-likeness (QED) is 0.707. The lowest BCUT2D eigenvalue weighted by Crippen LogP contribution is -2.30. The molecule has 0 aliphatic carbocycles. The highest BCUT2D eigenvalue weighted by atomic mass is 16.3. The second-order valence-corrected chi connectivity index (χ2v) is 5.89. The molecular weight excluding hydrogens is 274 g/mol. The summed E-state index contributed by atoms with van der Waals surface area (Å²) in [5.41, 5.74) is 3.71. The highest BCUT2D eigenvalue weighted by Gasteiger charge is 2.22. The van der Waals surface area contributed by atoms with Gasteiger partial charge < -0.3 is 14.2 Å². The van der Waals surface area contributed by atoms with Crippen LogP contribution in [0.1, 0.15) is 20.8 Å². The molecule has 0 bridgehead atoms. The summed E-state index contributed by atoms with van der Waals surface area (Å²) in [5, 5.41) is 2.11. The molecule has 0 N–H and O–H groups in total. The molecule has 4 rings (SSSR count). The molecule has 3 aromatic rings. The highest BCUT2D eigenvalue weighted by Crippen LogP contribution is 2.37. The maximum absolute atomic E-state index is 8.20. The van der Waals surface area contributed by atoms with E-state index in [2.05, 4.69) is 28.9 Å². The molecule has 0 fully saturated rings. The van der Waals surface area contributed by atoms with Crippen LogP contribution in [0.3, 0.4) is 0 Å². The molecule has 3 heterocycles. The van der Waals surface area contributed by atoms with E-state index in [1.54, 1.807) is 6.20 Å². The molecule has 1 aromatic carbocycles. The van der Waals surface area contributed by atoms with Crippen molar-refractivity contribution >= 4 is 27.8 Å². The fourth-order valence-electron chi connectivity index (χ4n) is 2.97. The molecule has 4 heteroatoms. The van der Waals surface area contributed by atoms with Gasteiger partial charge >= 0.3 is 0 Å². The minimum atomic E-state index is -0.650. The summed E-state index contributed by atoms with van der Waals surface area (Å²) < 4.78 is 14.2. The number of anilines is 1. The first-order chi connectivity index (χ1) is 10.9. The van der Waals surface area contributed by atoms with E-state index in [-0.39, 0.29) is 0 Å². The monoisotopic (exact) mass is 294 g/mol. The number of nitrogens with zero attached hydrogens (tertiary/aromatic N) is 3. The van der Waals surface area contributed by atoms with E-state index >= 15 is 0 Å². The third kappa shape index (κ3) is 1.87. The van der Waals surface area contributed by atoms with Crippen LogP contribution in [-0.4, -0.2) is 22.6 Å². The molecule has 0 spiro atoms. The van der Waals surface area contributed by atoms with Crippen LogP contribution in [0.2, 0.25) is 0 Å². The van der Waals surface area contributed by atoms with Gasteiger partial charge in [-0.25, -0.2) is 4.98 Å². The van der Waals surface area contributed by atoms with Crippen LogP contribution in [0.5, 0.6) is 0 Å². The van der Waals surface area contributed by atoms with Gasteiger partial charge in [0.05, 0.1) is 13.7 Å². The smallest absolute Gasteiger partial charge is 0.227 e. The number of rotatable bonds is 2. The topological polar surface area (TPSA) is 32.5 Å². The Morgan fingerprint density at radius 1 is 1.23 bits per heavy atom. The van der Waals surface area contributed by atoms with E-state index in [0.717, 1.165) is 27.6 Å². The fourth-order valence-corrected chi connectivity index (χ4v) is 2.97. The van der Waals surface area contributed by atoms with Crippen LogP contribution in [-0.2, 0) is 0 Å². The molecule has 0 atom stereocenters. The van der Waals surface area contributed by atoms with Crippen molar-refractivity contribution in [3.05, 3.63) is 48.4 Å². The molecule has 112 valence electrons. The minimum Gasteiger partial charge on any atom is -0.435 e. The lowest BCUT2D eigenvalue weighted by Gasteiger charge is -2.25. The van der Waals surface area contributed by atoms with Gasteiger partial charge in [-0.1, -0.05) is 12.1 Å². The Morgan fingerprint density at radius 2 is 2.09 bits per heavy atom. The zero-order valence-electron chi connectivity index (χ0n) is 14.0. The Morgan fingerprint density at radius 3 is 2.86 bits per heavy atom. The summed E-state index contributed by atoms with van der Waals surface area (Å²) in [7, 11) is 0. The largest absolute Gasteiger partial charge is 0.435 e. The standard InChI is InChI=1S/C18H19N3O/c1-12(2)20-9-10-21(11-20)16-13(3)6-7-14-15-5-4-8-19-18(15)22-17(14)16/h4-10,12H,11H2,1-3H3/i12D. The van der Waals surface area contributed by atoms with E-state index in [0.29, 0.717) is 12.4 Å². The summed E-state index contributed by atoms with van der Waals surface area (Å²) in [6.07, 6.45) is 5.72. The van der Waals surface area contributed by atoms with Gasteiger partial charge in [0, 0.05) is 35.4 Å². The van der Waals surface area contributed by atoms with E-state index in [9.17, 15) is 0 Å². The molecule has 4 nitrogen and oxygen atoms in total. The van der Waals surface area contributed by atoms with Crippen molar-refractivity contribution in [3.63, 3.8) is 0 Å². The van der Waals surface area contributed by atoms with Crippen molar-refractivity contribution in [1.82, 2.24) is 9.88 Å². The number of hydrogen-bond acceptors (Lipinski definition) is 4. The van der Waals surface area contributed by atoms with Gasteiger partial charge in [-0.15, -0.1) is 0 Å². The van der Waals surface area contributed by atoms with Gasteiger partial charge in [0.2, 0.25) is 5.71 Å². The van der Waals surface area contributed by atoms with Crippen LogP contribution in [0.25, 0.3) is 22.1 Å². The average Bonchev–Trinajstić information content (AvgIpc) is 3.10. The molecule has 22 heavy (non-hydrogen) atoms. The third-order valence-corrected chi connectivity index (χ3v) is 4.19. The Kier molecular flexibility index (Phi) is 2.62. The zero-order chi connectivity index (χ0) is 16.2. The Balaban J connectivity index is 1.87. The number of benzene rings is 1. The average molecular weight is 294 g/mol. The summed E-state index contributed by atoms with van der Waals surface area (Å²) in [6, 6.07) is 7.52. The van der Waals surface area contributed by atoms with Crippen molar-refractivity contribution < 1.29 is 5.79 Å². The normalized spacial score (nSPS) is 16.0. The van der Waals surface area contributed by atoms with E-state index in [1.165, 1.54) is 0 Å². The van der Waals surface area contributed by atoms with Crippen molar-refractivity contribution in [2.24, 2.45) is 0 Å². The summed E-state index contributed by atoms with van der Waals surface area (Å²) in [6.45, 7) is 6.50. The van der Waals surface area contributed by atoms with Gasteiger partial charge in [-0.2, -0.15) is 0 Å². The van der Waals surface area contributed by atoms with Crippen LogP contribution in [0, 0.1) is 6.92 Å². The predicted molar refractivity (Wildman–Crippen MR) is 89.7 cm³/mol. The lowest BCUT2D eigenvalue weighted by atomic mass is 10.1. The zero-order valence-corrected chi connectivity index (χ0v) is 13.0. The molecule has 0 unspecified atom stereocenters. The molecule has 1 aliphatic heterocycles. The van der Waals surface area contributed by atoms with E-state index in [4.69, 9.17) is 5.79 Å². The lowest BCUT2D eigenvalue weighted by molar-refractivity contribution is 0.336. The number of fused-ring (bicyclic) bond motifs is 3. The first-order valence-corrected chi connectivity index (χ1v) is 7.44. The molecule has 0 saturated carbocycles. The molecular formula is C18H19N3O. The second kappa shape index (κ2) is 4.77. The first kappa shape index (κ1) is 12.1. The van der Waals surface area contributed by atoms with Crippen molar-refractivity contribution in [2.45, 2.75) is 26.8 Å². The Hall–Kier alpha value is -2.49. The van der Waals surface area contributed by atoms with Crippen molar-refractivity contribution in [1.29, 1.82) is 0 Å². The van der Waals surface area contributed by atoms with Gasteiger partial charge in [0.1, 0.15) is 0 Å². The molecule has 1 aliphatic rings. The number of aromatic nitrogens is 1. The minimum absolute atomic E-state index is 0.640. The Bertz CT molecular complexity index is 923. The van der Waals surface area contributed by atoms with Gasteiger partial charge in [-0.05, 0) is 38.5 Å². The van der Waals surface area contributed by atoms with E-state index < -0.39 is 6.02 Å². The summed E-state index contributed by atoms with van der Waals surface area (Å²) in [5.74, 6) is 0. The van der Waals surface area contributed by atoms with Crippen LogP contribution in [0.15, 0.2) is 47.3 Å². The number of pyridine rings is 1. The van der Waals surface area contributed by atoms with Crippen molar-refractivity contribution in [3.8, 4) is 0 Å². The third-order valence-electron chi connectivity index (χ3n) is 4.19. The fraction of sp³-hybridized carbons (Fsp3) is 0.278. The number of hydrogen-bond donors (Lipinski definition) is 0. The molecule has 0 saturated heterocycles. The molecule has 0 amide bonds. The number of furan rings is 1. The summed E-state index contributed by atoms with van der Waals surface area (Å²) in [4.78, 5) is 8.45. The maximum atomic E-state index is 8.20. The van der Waals surface area contributed by atoms with Crippen LogP contribution < -0.4 is 4.90 Å². The molecule has 2 aromatic heterocycles. The first-order valence-electron chi connectivity index (χ1n) is 7.94.